The third-order valence-corrected chi connectivity index (χ3v) is 3.70. The summed E-state index contributed by atoms with van der Waals surface area (Å²) in [6.07, 6.45) is 0.724. The van der Waals surface area contributed by atoms with Crippen molar-refractivity contribution in [3.63, 3.8) is 0 Å². The molecule has 1 atom stereocenters. The van der Waals surface area contributed by atoms with Crippen LogP contribution in [0.1, 0.15) is 31.9 Å². The van der Waals surface area contributed by atoms with E-state index >= 15 is 0 Å². The minimum Gasteiger partial charge on any atom is -0.321 e. The monoisotopic (exact) mass is 193 g/mol. The second-order valence-corrected chi connectivity index (χ2v) is 5.03. The first-order chi connectivity index (χ1) is 6.36. The Balaban J connectivity index is 2.66. The molecule has 0 saturated carbocycles. The van der Waals surface area contributed by atoms with Gasteiger partial charge in [-0.15, -0.1) is 0 Å². The molecular formula is C12H16FN. The van der Waals surface area contributed by atoms with Gasteiger partial charge in [-0.05, 0) is 36.0 Å². The van der Waals surface area contributed by atoms with Gasteiger partial charge in [-0.1, -0.05) is 26.0 Å². The lowest BCUT2D eigenvalue weighted by Gasteiger charge is -2.35. The molecule has 1 aromatic carbocycles. The van der Waals surface area contributed by atoms with Crippen LogP contribution in [0.15, 0.2) is 18.2 Å². The van der Waals surface area contributed by atoms with E-state index in [1.807, 2.05) is 13.0 Å². The molecule has 0 spiro atoms. The van der Waals surface area contributed by atoms with Gasteiger partial charge in [0.2, 0.25) is 0 Å². The average molecular weight is 193 g/mol. The molecule has 1 aliphatic carbocycles. The molecule has 0 heterocycles. The van der Waals surface area contributed by atoms with Crippen LogP contribution < -0.4 is 5.73 Å². The van der Waals surface area contributed by atoms with E-state index in [2.05, 4.69) is 13.8 Å². The lowest BCUT2D eigenvalue weighted by molar-refractivity contribution is 0.211. The largest absolute Gasteiger partial charge is 0.321 e. The second kappa shape index (κ2) is 2.57. The topological polar surface area (TPSA) is 26.0 Å². The summed E-state index contributed by atoms with van der Waals surface area (Å²) in [7, 11) is 0. The quantitative estimate of drug-likeness (QED) is 0.673. The maximum atomic E-state index is 13.5. The number of hydrogen-bond acceptors (Lipinski definition) is 1. The lowest BCUT2D eigenvalue weighted by atomic mass is 9.75. The van der Waals surface area contributed by atoms with Gasteiger partial charge >= 0.3 is 0 Å². The van der Waals surface area contributed by atoms with E-state index in [-0.39, 0.29) is 11.2 Å². The molecule has 0 fully saturated rings. The number of benzene rings is 1. The Morgan fingerprint density at radius 1 is 1.29 bits per heavy atom. The van der Waals surface area contributed by atoms with Crippen molar-refractivity contribution in [3.05, 3.63) is 35.1 Å². The van der Waals surface area contributed by atoms with E-state index in [0.29, 0.717) is 0 Å². The molecule has 0 bridgehead atoms. The number of nitrogens with two attached hydrogens (primary N) is 1. The van der Waals surface area contributed by atoms with Gasteiger partial charge in [0.1, 0.15) is 5.82 Å². The molecular weight excluding hydrogens is 177 g/mol. The molecule has 0 saturated heterocycles. The first-order valence-corrected chi connectivity index (χ1v) is 4.93. The maximum absolute atomic E-state index is 13.5. The van der Waals surface area contributed by atoms with Crippen molar-refractivity contribution in [3.8, 4) is 0 Å². The Morgan fingerprint density at radius 2 is 1.93 bits per heavy atom. The van der Waals surface area contributed by atoms with E-state index in [9.17, 15) is 4.39 Å². The predicted octanol–water partition coefficient (Wildman–Crippen LogP) is 2.58. The average Bonchev–Trinajstić information content (AvgIpc) is 2.24. The third kappa shape index (κ3) is 1.04. The molecule has 1 aromatic rings. The van der Waals surface area contributed by atoms with Crippen LogP contribution in [0.25, 0.3) is 0 Å². The summed E-state index contributed by atoms with van der Waals surface area (Å²) < 4.78 is 13.5. The van der Waals surface area contributed by atoms with Crippen molar-refractivity contribution >= 4 is 0 Å². The van der Waals surface area contributed by atoms with Crippen LogP contribution in [0.2, 0.25) is 0 Å². The smallest absolute Gasteiger partial charge is 0.126 e. The van der Waals surface area contributed by atoms with E-state index in [0.717, 1.165) is 17.5 Å². The molecule has 76 valence electrons. The van der Waals surface area contributed by atoms with Crippen LogP contribution in [0.4, 0.5) is 4.39 Å². The van der Waals surface area contributed by atoms with E-state index in [4.69, 9.17) is 5.73 Å². The minimum atomic E-state index is -0.426. The molecule has 2 N–H and O–H groups in total. The van der Waals surface area contributed by atoms with Crippen LogP contribution >= 0.6 is 0 Å². The van der Waals surface area contributed by atoms with Gasteiger partial charge in [-0.3, -0.25) is 0 Å². The van der Waals surface area contributed by atoms with Crippen LogP contribution in [0, 0.1) is 11.2 Å². The summed E-state index contributed by atoms with van der Waals surface area (Å²) in [5.74, 6) is -0.121. The Labute approximate surface area is 84.1 Å². The number of fused-ring (bicyclic) bond motifs is 1. The van der Waals surface area contributed by atoms with Crippen LogP contribution in [-0.2, 0) is 12.0 Å². The molecule has 1 unspecified atom stereocenters. The normalized spacial score (nSPS) is 28.9. The summed E-state index contributed by atoms with van der Waals surface area (Å²) in [6.45, 7) is 6.16. The van der Waals surface area contributed by atoms with Gasteiger partial charge < -0.3 is 5.73 Å². The highest BCUT2D eigenvalue weighted by atomic mass is 19.1. The fraction of sp³-hybridized carbons (Fsp3) is 0.500. The third-order valence-electron chi connectivity index (χ3n) is 3.70. The lowest BCUT2D eigenvalue weighted by Crippen LogP contribution is -2.43. The van der Waals surface area contributed by atoms with Crippen molar-refractivity contribution in [2.75, 3.05) is 0 Å². The zero-order chi connectivity index (χ0) is 10.6. The van der Waals surface area contributed by atoms with E-state index in [1.54, 1.807) is 6.07 Å². The fourth-order valence-corrected chi connectivity index (χ4v) is 2.21. The van der Waals surface area contributed by atoms with Gasteiger partial charge in [0, 0.05) is 5.54 Å². The number of hydrogen-bond donors (Lipinski definition) is 1. The van der Waals surface area contributed by atoms with Crippen molar-refractivity contribution in [1.82, 2.24) is 0 Å². The molecule has 1 nitrogen and oxygen atoms in total. The van der Waals surface area contributed by atoms with Crippen molar-refractivity contribution < 1.29 is 4.39 Å². The SMILES string of the molecule is CC1(C)Cc2c(F)cccc2C1(C)N. The van der Waals surface area contributed by atoms with Gasteiger partial charge in [-0.2, -0.15) is 0 Å². The van der Waals surface area contributed by atoms with Crippen LogP contribution in [0.3, 0.4) is 0 Å². The predicted molar refractivity (Wildman–Crippen MR) is 55.4 cm³/mol. The standard InChI is InChI=1S/C12H16FN/c1-11(2)7-8-9(12(11,3)14)5-4-6-10(8)13/h4-6H,7,14H2,1-3H3. The molecule has 0 aromatic heterocycles. The Bertz CT molecular complexity index is 380. The Kier molecular flexibility index (Phi) is 1.77. The van der Waals surface area contributed by atoms with Gasteiger partial charge in [0.25, 0.3) is 0 Å². The van der Waals surface area contributed by atoms with Crippen molar-refractivity contribution in [2.45, 2.75) is 32.7 Å². The Hall–Kier alpha value is -0.890. The molecule has 2 rings (SSSR count). The van der Waals surface area contributed by atoms with Crippen molar-refractivity contribution in [1.29, 1.82) is 0 Å². The summed E-state index contributed by atoms with van der Waals surface area (Å²) in [4.78, 5) is 0. The first kappa shape index (κ1) is 9.66. The molecule has 1 aliphatic rings. The van der Waals surface area contributed by atoms with Crippen LogP contribution in [-0.4, -0.2) is 0 Å². The van der Waals surface area contributed by atoms with Gasteiger partial charge in [0.15, 0.2) is 0 Å². The summed E-state index contributed by atoms with van der Waals surface area (Å²) in [5.41, 5.74) is 7.53. The molecule has 0 aliphatic heterocycles. The van der Waals surface area contributed by atoms with Gasteiger partial charge in [0.05, 0.1) is 0 Å². The molecule has 0 radical (unpaired) electrons. The highest BCUT2D eigenvalue weighted by molar-refractivity contribution is 5.41. The minimum absolute atomic E-state index is 0.0719. The maximum Gasteiger partial charge on any atom is 0.126 e. The van der Waals surface area contributed by atoms with E-state index < -0.39 is 5.54 Å². The summed E-state index contributed by atoms with van der Waals surface area (Å²) >= 11 is 0. The number of halogens is 1. The molecule has 2 heteroatoms. The zero-order valence-electron chi connectivity index (χ0n) is 8.89. The van der Waals surface area contributed by atoms with Crippen LogP contribution in [0.5, 0.6) is 0 Å². The Morgan fingerprint density at radius 3 is 2.50 bits per heavy atom. The first-order valence-electron chi connectivity index (χ1n) is 4.93. The highest BCUT2D eigenvalue weighted by Crippen LogP contribution is 2.48. The summed E-state index contributed by atoms with van der Waals surface area (Å²) in [5, 5.41) is 0. The molecule has 0 amide bonds. The molecule has 14 heavy (non-hydrogen) atoms. The zero-order valence-corrected chi connectivity index (χ0v) is 8.89. The highest BCUT2D eigenvalue weighted by Gasteiger charge is 2.46. The van der Waals surface area contributed by atoms with E-state index in [1.165, 1.54) is 6.07 Å². The van der Waals surface area contributed by atoms with Gasteiger partial charge in [-0.25, -0.2) is 4.39 Å². The fourth-order valence-electron chi connectivity index (χ4n) is 2.21. The van der Waals surface area contributed by atoms with Crippen molar-refractivity contribution in [2.24, 2.45) is 11.1 Å². The number of rotatable bonds is 0. The summed E-state index contributed by atoms with van der Waals surface area (Å²) in [6, 6.07) is 5.18. The second-order valence-electron chi connectivity index (χ2n) is 5.03.